The number of ether oxygens (including phenoxy) is 1. The van der Waals surface area contributed by atoms with Crippen molar-refractivity contribution in [1.29, 1.82) is 0 Å². The van der Waals surface area contributed by atoms with Crippen LogP contribution >= 0.6 is 0 Å². The minimum Gasteiger partial charge on any atom is -0.497 e. The van der Waals surface area contributed by atoms with Gasteiger partial charge in [0.05, 0.1) is 19.3 Å². The predicted octanol–water partition coefficient (Wildman–Crippen LogP) is 2.83. The largest absolute Gasteiger partial charge is 0.497 e. The summed E-state index contributed by atoms with van der Waals surface area (Å²) < 4.78 is 5.11. The van der Waals surface area contributed by atoms with Crippen LogP contribution in [0, 0.1) is 0 Å². The molecule has 3 atom stereocenters. The number of hydrogen-bond acceptors (Lipinski definition) is 4. The van der Waals surface area contributed by atoms with Gasteiger partial charge < -0.3 is 20.3 Å². The molecule has 2 rings (SSSR count). The zero-order valence-electron chi connectivity index (χ0n) is 13.6. The van der Waals surface area contributed by atoms with Crippen molar-refractivity contribution in [3.8, 4) is 5.75 Å². The fourth-order valence-electron chi connectivity index (χ4n) is 2.49. The van der Waals surface area contributed by atoms with Crippen LogP contribution in [0.25, 0.3) is 0 Å². The molecule has 0 fully saturated rings. The lowest BCUT2D eigenvalue weighted by molar-refractivity contribution is 0.127. The Morgan fingerprint density at radius 2 is 1.61 bits per heavy atom. The maximum Gasteiger partial charge on any atom is 0.118 e. The van der Waals surface area contributed by atoms with Gasteiger partial charge in [-0.1, -0.05) is 42.5 Å². The van der Waals surface area contributed by atoms with Crippen molar-refractivity contribution in [2.75, 3.05) is 13.7 Å². The van der Waals surface area contributed by atoms with Crippen molar-refractivity contribution in [3.05, 3.63) is 65.7 Å². The van der Waals surface area contributed by atoms with Crippen LogP contribution in [0.4, 0.5) is 0 Å². The van der Waals surface area contributed by atoms with E-state index in [0.29, 0.717) is 13.0 Å². The summed E-state index contributed by atoms with van der Waals surface area (Å²) in [6, 6.07) is 16.9. The van der Waals surface area contributed by atoms with Gasteiger partial charge in [0.15, 0.2) is 0 Å². The summed E-state index contributed by atoms with van der Waals surface area (Å²) in [5.74, 6) is 0.777. The van der Waals surface area contributed by atoms with E-state index >= 15 is 0 Å². The van der Waals surface area contributed by atoms with Gasteiger partial charge in [0.2, 0.25) is 0 Å². The van der Waals surface area contributed by atoms with Crippen LogP contribution in [-0.2, 0) is 0 Å². The lowest BCUT2D eigenvalue weighted by Crippen LogP contribution is -2.33. The van der Waals surface area contributed by atoms with Crippen molar-refractivity contribution in [3.63, 3.8) is 0 Å². The number of rotatable bonds is 8. The normalized spacial score (nSPS) is 15.0. The molecule has 0 aromatic heterocycles. The minimum absolute atomic E-state index is 0.0829. The third-order valence-corrected chi connectivity index (χ3v) is 4.00. The molecule has 0 spiro atoms. The van der Waals surface area contributed by atoms with Gasteiger partial charge in [0, 0.05) is 6.04 Å². The van der Waals surface area contributed by atoms with Crippen molar-refractivity contribution in [1.82, 2.24) is 5.32 Å². The predicted molar refractivity (Wildman–Crippen MR) is 91.4 cm³/mol. The quantitative estimate of drug-likeness (QED) is 0.701. The topological polar surface area (TPSA) is 61.7 Å². The lowest BCUT2D eigenvalue weighted by atomic mass is 10.0. The average Bonchev–Trinajstić information content (AvgIpc) is 2.61. The molecule has 4 nitrogen and oxygen atoms in total. The first-order valence-corrected chi connectivity index (χ1v) is 7.90. The van der Waals surface area contributed by atoms with Crippen LogP contribution in [0.3, 0.4) is 0 Å². The highest BCUT2D eigenvalue weighted by atomic mass is 16.5. The van der Waals surface area contributed by atoms with Gasteiger partial charge >= 0.3 is 0 Å². The molecule has 4 heteroatoms. The lowest BCUT2D eigenvalue weighted by Gasteiger charge is -2.21. The van der Waals surface area contributed by atoms with E-state index in [1.165, 1.54) is 0 Å². The first-order valence-electron chi connectivity index (χ1n) is 7.90. The second kappa shape index (κ2) is 8.67. The summed E-state index contributed by atoms with van der Waals surface area (Å²) >= 11 is 0. The molecule has 3 N–H and O–H groups in total. The van der Waals surface area contributed by atoms with Crippen LogP contribution in [0.5, 0.6) is 5.75 Å². The van der Waals surface area contributed by atoms with Crippen molar-refractivity contribution >= 4 is 0 Å². The van der Waals surface area contributed by atoms with Crippen LogP contribution in [-0.4, -0.2) is 29.9 Å². The maximum absolute atomic E-state index is 10.3. The molecule has 0 saturated heterocycles. The fraction of sp³-hybridized carbons (Fsp3) is 0.368. The second-order valence-corrected chi connectivity index (χ2v) is 5.68. The average molecular weight is 315 g/mol. The number of nitrogens with one attached hydrogen (secondary N) is 1. The maximum atomic E-state index is 10.3. The third-order valence-electron chi connectivity index (χ3n) is 4.00. The van der Waals surface area contributed by atoms with Gasteiger partial charge in [0.25, 0.3) is 0 Å². The Kier molecular flexibility index (Phi) is 6.59. The van der Waals surface area contributed by atoms with Crippen molar-refractivity contribution in [2.45, 2.75) is 31.6 Å². The highest BCUT2D eigenvalue weighted by Crippen LogP contribution is 2.20. The number of aliphatic hydroxyl groups excluding tert-OH is 2. The summed E-state index contributed by atoms with van der Waals surface area (Å²) in [4.78, 5) is 0. The minimum atomic E-state index is -0.561. The Morgan fingerprint density at radius 1 is 0.957 bits per heavy atom. The molecule has 0 aliphatic heterocycles. The third kappa shape index (κ3) is 5.06. The second-order valence-electron chi connectivity index (χ2n) is 5.68. The Hall–Kier alpha value is -1.88. The summed E-state index contributed by atoms with van der Waals surface area (Å²) in [5.41, 5.74) is 1.76. The summed E-state index contributed by atoms with van der Waals surface area (Å²) in [5, 5.41) is 23.8. The van der Waals surface area contributed by atoms with Gasteiger partial charge in [-0.25, -0.2) is 0 Å². The molecule has 0 saturated carbocycles. The van der Waals surface area contributed by atoms with Crippen LogP contribution < -0.4 is 10.1 Å². The number of aliphatic hydroxyl groups is 2. The van der Waals surface area contributed by atoms with Gasteiger partial charge in [-0.3, -0.25) is 0 Å². The number of benzene rings is 2. The van der Waals surface area contributed by atoms with E-state index in [1.54, 1.807) is 7.11 Å². The first-order chi connectivity index (χ1) is 11.1. The van der Waals surface area contributed by atoms with Crippen LogP contribution in [0.2, 0.25) is 0 Å². The highest BCUT2D eigenvalue weighted by Gasteiger charge is 2.16. The molecule has 0 radical (unpaired) electrons. The van der Waals surface area contributed by atoms with Gasteiger partial charge in [0.1, 0.15) is 5.75 Å². The van der Waals surface area contributed by atoms with E-state index in [9.17, 15) is 10.2 Å². The number of hydrogen-bond donors (Lipinski definition) is 3. The van der Waals surface area contributed by atoms with Gasteiger partial charge in [-0.15, -0.1) is 0 Å². The monoisotopic (exact) mass is 315 g/mol. The van der Waals surface area contributed by atoms with Crippen molar-refractivity contribution in [2.24, 2.45) is 0 Å². The fourth-order valence-corrected chi connectivity index (χ4v) is 2.49. The standard InChI is InChI=1S/C19H25NO3/c1-14(19(22)16-6-4-3-5-7-16)20-13-12-18(21)15-8-10-17(23-2)11-9-15/h3-11,14,18-22H,12-13H2,1-2H3. The smallest absolute Gasteiger partial charge is 0.118 e. The molecule has 0 heterocycles. The Morgan fingerprint density at radius 3 is 2.22 bits per heavy atom. The van der Waals surface area contributed by atoms with E-state index in [4.69, 9.17) is 4.74 Å². The van der Waals surface area contributed by atoms with E-state index in [2.05, 4.69) is 5.32 Å². The van der Waals surface area contributed by atoms with E-state index in [0.717, 1.165) is 16.9 Å². The van der Waals surface area contributed by atoms with E-state index < -0.39 is 12.2 Å². The SMILES string of the molecule is COc1ccc(C(O)CCNC(C)C(O)c2ccccc2)cc1. The Labute approximate surface area is 137 Å². The first kappa shape index (κ1) is 17.5. The van der Waals surface area contributed by atoms with Gasteiger partial charge in [-0.2, -0.15) is 0 Å². The Balaban J connectivity index is 1.79. The summed E-state index contributed by atoms with van der Waals surface area (Å²) in [7, 11) is 1.62. The van der Waals surface area contributed by atoms with E-state index in [1.807, 2.05) is 61.5 Å². The molecule has 2 aromatic rings. The highest BCUT2D eigenvalue weighted by molar-refractivity contribution is 5.28. The molecule has 0 amide bonds. The van der Waals surface area contributed by atoms with Crippen molar-refractivity contribution < 1.29 is 14.9 Å². The zero-order valence-corrected chi connectivity index (χ0v) is 13.6. The molecular weight excluding hydrogens is 290 g/mol. The summed E-state index contributed by atoms with van der Waals surface area (Å²) in [6.45, 7) is 2.57. The zero-order chi connectivity index (χ0) is 16.7. The molecule has 3 unspecified atom stereocenters. The van der Waals surface area contributed by atoms with Gasteiger partial charge in [-0.05, 0) is 43.1 Å². The number of methoxy groups -OCH3 is 1. The summed E-state index contributed by atoms with van der Waals surface area (Å²) in [6.07, 6.45) is -0.512. The molecule has 0 aliphatic rings. The van der Waals surface area contributed by atoms with E-state index in [-0.39, 0.29) is 6.04 Å². The Bertz CT molecular complexity index is 571. The molecule has 2 aromatic carbocycles. The molecule has 23 heavy (non-hydrogen) atoms. The van der Waals surface area contributed by atoms with Crippen LogP contribution in [0.1, 0.15) is 36.7 Å². The molecule has 124 valence electrons. The molecule has 0 bridgehead atoms. The molecule has 0 aliphatic carbocycles. The molecular formula is C19H25NO3. The van der Waals surface area contributed by atoms with Crippen LogP contribution in [0.15, 0.2) is 54.6 Å².